The number of nitrogens with zero attached hydrogens (tertiary/aromatic N) is 3. The minimum atomic E-state index is -0.326. The van der Waals surface area contributed by atoms with Crippen molar-refractivity contribution in [3.8, 4) is 0 Å². The summed E-state index contributed by atoms with van der Waals surface area (Å²) < 4.78 is 7.47. The summed E-state index contributed by atoms with van der Waals surface area (Å²) in [6.07, 6.45) is 3.30. The van der Waals surface area contributed by atoms with Crippen molar-refractivity contribution >= 4 is 29.2 Å². The zero-order chi connectivity index (χ0) is 17.1. The highest BCUT2D eigenvalue weighted by Gasteiger charge is 2.63. The maximum absolute atomic E-state index is 12.8. The molecule has 0 spiro atoms. The van der Waals surface area contributed by atoms with Gasteiger partial charge in [-0.25, -0.2) is 4.90 Å². The van der Waals surface area contributed by atoms with Crippen LogP contribution in [0.4, 0.5) is 5.82 Å². The maximum atomic E-state index is 12.8. The van der Waals surface area contributed by atoms with E-state index in [1.54, 1.807) is 16.9 Å². The molecule has 6 nitrogen and oxygen atoms in total. The lowest BCUT2D eigenvalue weighted by Gasteiger charge is -2.15. The largest absolute Gasteiger partial charge is 0.373 e. The highest BCUT2D eigenvalue weighted by Crippen LogP contribution is 2.49. The molecule has 5 rings (SSSR count). The van der Waals surface area contributed by atoms with Crippen LogP contribution in [-0.2, 0) is 20.9 Å². The zero-order valence-electron chi connectivity index (χ0n) is 13.3. The van der Waals surface area contributed by atoms with Crippen molar-refractivity contribution in [2.24, 2.45) is 11.8 Å². The molecule has 2 amide bonds. The lowest BCUT2D eigenvalue weighted by atomic mass is 9.81. The summed E-state index contributed by atoms with van der Waals surface area (Å²) in [5, 5.41) is 5.12. The van der Waals surface area contributed by atoms with E-state index in [0.717, 1.165) is 18.4 Å². The van der Waals surface area contributed by atoms with E-state index in [9.17, 15) is 9.59 Å². The Bertz CT molecular complexity index is 835. The van der Waals surface area contributed by atoms with Crippen LogP contribution in [0.5, 0.6) is 0 Å². The molecule has 1 aromatic heterocycles. The molecule has 3 aliphatic heterocycles. The number of ether oxygens (including phenoxy) is 1. The summed E-state index contributed by atoms with van der Waals surface area (Å²) in [7, 11) is 0. The van der Waals surface area contributed by atoms with Gasteiger partial charge in [0.2, 0.25) is 11.8 Å². The standard InChI is InChI=1S/C18H16ClN3O3/c19-11-3-1-10(2-4-11)9-21-8-7-14(20-21)22-17(23)15-12-5-6-13(25-12)16(15)18(22)24/h1-4,7-8,12-13,15-16H,5-6,9H2/t12-,13-,15-,16+/m0/s1. The summed E-state index contributed by atoms with van der Waals surface area (Å²) >= 11 is 5.90. The van der Waals surface area contributed by atoms with Gasteiger partial charge in [-0.05, 0) is 30.5 Å². The molecule has 4 atom stereocenters. The monoisotopic (exact) mass is 357 g/mol. The fraction of sp³-hybridized carbons (Fsp3) is 0.389. The van der Waals surface area contributed by atoms with Crippen LogP contribution in [0.3, 0.4) is 0 Å². The average Bonchev–Trinajstić information content (AvgIpc) is 3.35. The summed E-state index contributed by atoms with van der Waals surface area (Å²) in [6.45, 7) is 0.550. The predicted molar refractivity (Wildman–Crippen MR) is 90.1 cm³/mol. The number of amides is 2. The first kappa shape index (κ1) is 15.1. The lowest BCUT2D eigenvalue weighted by molar-refractivity contribution is -0.124. The minimum absolute atomic E-state index is 0.104. The van der Waals surface area contributed by atoms with Gasteiger partial charge in [0.15, 0.2) is 5.82 Å². The molecule has 2 aromatic rings. The summed E-state index contributed by atoms with van der Waals surface area (Å²) in [6, 6.07) is 9.22. The molecule has 0 radical (unpaired) electrons. The third-order valence-electron chi connectivity index (χ3n) is 5.40. The first-order valence-corrected chi connectivity index (χ1v) is 8.81. The predicted octanol–water partition coefficient (Wildman–Crippen LogP) is 2.25. The second kappa shape index (κ2) is 5.41. The SMILES string of the molecule is O=C1[C@@H]2[C@H](C(=O)N1c1ccn(Cc3ccc(Cl)cc3)n1)[C@@H]1CC[C@@H]2O1. The zero-order valence-corrected chi connectivity index (χ0v) is 14.1. The van der Waals surface area contributed by atoms with E-state index < -0.39 is 0 Å². The van der Waals surface area contributed by atoms with Gasteiger partial charge < -0.3 is 4.74 Å². The van der Waals surface area contributed by atoms with Crippen molar-refractivity contribution in [3.63, 3.8) is 0 Å². The number of aromatic nitrogens is 2. The van der Waals surface area contributed by atoms with Crippen molar-refractivity contribution in [2.75, 3.05) is 4.90 Å². The molecule has 3 aliphatic rings. The molecule has 0 aliphatic carbocycles. The Hall–Kier alpha value is -2.18. The van der Waals surface area contributed by atoms with Gasteiger partial charge in [0, 0.05) is 17.3 Å². The maximum Gasteiger partial charge on any atom is 0.241 e. The van der Waals surface area contributed by atoms with Gasteiger partial charge in [-0.3, -0.25) is 14.3 Å². The number of hydrogen-bond donors (Lipinski definition) is 0. The smallest absolute Gasteiger partial charge is 0.241 e. The number of benzene rings is 1. The Morgan fingerprint density at radius 3 is 2.32 bits per heavy atom. The molecule has 3 saturated heterocycles. The topological polar surface area (TPSA) is 64.4 Å². The molecule has 7 heteroatoms. The second-order valence-electron chi connectivity index (χ2n) is 6.85. The molecule has 2 bridgehead atoms. The third-order valence-corrected chi connectivity index (χ3v) is 5.65. The number of anilines is 1. The first-order valence-electron chi connectivity index (χ1n) is 8.43. The van der Waals surface area contributed by atoms with Gasteiger partial charge in [0.1, 0.15) is 0 Å². The number of carbonyl (C=O) groups excluding carboxylic acids is 2. The van der Waals surface area contributed by atoms with Crippen molar-refractivity contribution in [3.05, 3.63) is 47.1 Å². The number of rotatable bonds is 3. The molecular formula is C18H16ClN3O3. The van der Waals surface area contributed by atoms with Gasteiger partial charge in [-0.15, -0.1) is 0 Å². The number of imide groups is 1. The molecule has 128 valence electrons. The lowest BCUT2D eigenvalue weighted by Crippen LogP contribution is -2.34. The van der Waals surface area contributed by atoms with Crippen LogP contribution in [0.25, 0.3) is 0 Å². The Kier molecular flexibility index (Phi) is 3.27. The molecule has 25 heavy (non-hydrogen) atoms. The Labute approximate surface area is 149 Å². The van der Waals surface area contributed by atoms with Crippen LogP contribution in [-0.4, -0.2) is 33.8 Å². The van der Waals surface area contributed by atoms with E-state index in [2.05, 4.69) is 5.10 Å². The van der Waals surface area contributed by atoms with E-state index >= 15 is 0 Å². The van der Waals surface area contributed by atoms with Gasteiger partial charge in [-0.2, -0.15) is 5.10 Å². The van der Waals surface area contributed by atoms with Crippen LogP contribution in [0, 0.1) is 11.8 Å². The normalized spacial score (nSPS) is 30.4. The van der Waals surface area contributed by atoms with Crippen LogP contribution in [0.15, 0.2) is 36.5 Å². The number of hydrogen-bond acceptors (Lipinski definition) is 4. The molecule has 3 fully saturated rings. The van der Waals surface area contributed by atoms with E-state index in [-0.39, 0.29) is 35.9 Å². The Morgan fingerprint density at radius 1 is 1.04 bits per heavy atom. The highest BCUT2D eigenvalue weighted by molar-refractivity contribution is 6.30. The molecule has 0 saturated carbocycles. The van der Waals surface area contributed by atoms with E-state index in [1.165, 1.54) is 4.90 Å². The minimum Gasteiger partial charge on any atom is -0.373 e. The van der Waals surface area contributed by atoms with Crippen molar-refractivity contribution in [2.45, 2.75) is 31.6 Å². The number of fused-ring (bicyclic) bond motifs is 5. The van der Waals surface area contributed by atoms with Crippen LogP contribution in [0.2, 0.25) is 5.02 Å². The van der Waals surface area contributed by atoms with Crippen molar-refractivity contribution < 1.29 is 14.3 Å². The van der Waals surface area contributed by atoms with Gasteiger partial charge >= 0.3 is 0 Å². The molecule has 1 aromatic carbocycles. The molecule has 4 heterocycles. The average molecular weight is 358 g/mol. The van der Waals surface area contributed by atoms with Crippen LogP contribution >= 0.6 is 11.6 Å². The summed E-state index contributed by atoms with van der Waals surface area (Å²) in [4.78, 5) is 26.8. The quantitative estimate of drug-likeness (QED) is 0.790. The van der Waals surface area contributed by atoms with Gasteiger partial charge in [-0.1, -0.05) is 23.7 Å². The number of carbonyl (C=O) groups is 2. The Balaban J connectivity index is 1.39. The van der Waals surface area contributed by atoms with Crippen molar-refractivity contribution in [1.82, 2.24) is 9.78 Å². The first-order chi connectivity index (χ1) is 12.1. The summed E-state index contributed by atoms with van der Waals surface area (Å²) in [5.41, 5.74) is 1.04. The fourth-order valence-corrected chi connectivity index (χ4v) is 4.40. The summed E-state index contributed by atoms with van der Waals surface area (Å²) in [5.74, 6) is -0.587. The van der Waals surface area contributed by atoms with E-state index in [1.807, 2.05) is 24.3 Å². The molecule has 0 N–H and O–H groups in total. The Morgan fingerprint density at radius 2 is 1.68 bits per heavy atom. The molecular weight excluding hydrogens is 342 g/mol. The van der Waals surface area contributed by atoms with Crippen molar-refractivity contribution in [1.29, 1.82) is 0 Å². The highest BCUT2D eigenvalue weighted by atomic mass is 35.5. The van der Waals surface area contributed by atoms with E-state index in [0.29, 0.717) is 17.4 Å². The van der Waals surface area contributed by atoms with Crippen LogP contribution < -0.4 is 4.90 Å². The van der Waals surface area contributed by atoms with Gasteiger partial charge in [0.05, 0.1) is 30.6 Å². The number of halogens is 1. The van der Waals surface area contributed by atoms with Crippen LogP contribution in [0.1, 0.15) is 18.4 Å². The fourth-order valence-electron chi connectivity index (χ4n) is 4.27. The molecule has 0 unspecified atom stereocenters. The third kappa shape index (κ3) is 2.24. The second-order valence-corrected chi connectivity index (χ2v) is 7.29. The van der Waals surface area contributed by atoms with Gasteiger partial charge in [0.25, 0.3) is 0 Å². The van der Waals surface area contributed by atoms with E-state index in [4.69, 9.17) is 16.3 Å².